The van der Waals surface area contributed by atoms with E-state index in [1.807, 2.05) is 0 Å². The van der Waals surface area contributed by atoms with E-state index in [1.54, 1.807) is 0 Å². The van der Waals surface area contributed by atoms with Crippen LogP contribution < -0.4 is 11.1 Å². The molecule has 2 heterocycles. The van der Waals surface area contributed by atoms with Crippen molar-refractivity contribution in [1.82, 2.24) is 20.1 Å². The van der Waals surface area contributed by atoms with Gasteiger partial charge in [-0.1, -0.05) is 0 Å². The number of ether oxygens (including phenoxy) is 1. The molecule has 0 aliphatic carbocycles. The summed E-state index contributed by atoms with van der Waals surface area (Å²) < 4.78 is 6.39. The molecule has 3 N–H and O–H groups in total. The molecule has 18 heavy (non-hydrogen) atoms. The van der Waals surface area contributed by atoms with Crippen LogP contribution in [0, 0.1) is 0 Å². The predicted molar refractivity (Wildman–Crippen MR) is 61.2 cm³/mol. The number of anilines is 1. The van der Waals surface area contributed by atoms with E-state index < -0.39 is 12.1 Å². The van der Waals surface area contributed by atoms with E-state index >= 15 is 0 Å². The fraction of sp³-hybridized carbons (Fsp3) is 0.600. The number of carbonyl (C=O) groups is 2. The van der Waals surface area contributed by atoms with Crippen LogP contribution in [0.4, 0.5) is 5.95 Å². The van der Waals surface area contributed by atoms with E-state index in [9.17, 15) is 9.59 Å². The number of nitrogen functional groups attached to an aromatic ring is 1. The minimum atomic E-state index is -0.708. The summed E-state index contributed by atoms with van der Waals surface area (Å²) in [4.78, 5) is 26.9. The first-order valence-corrected chi connectivity index (χ1v) is 5.77. The number of esters is 1. The smallest absolute Gasteiger partial charge is 0.328 e. The summed E-state index contributed by atoms with van der Waals surface area (Å²) in [5, 5.41) is 6.46. The van der Waals surface area contributed by atoms with Crippen LogP contribution in [0.2, 0.25) is 0 Å². The standard InChI is InChI=1S/C10H15N5O3/c11-10-13-6-15(14-10)5-8(16)18-7-3-1-2-4-12-9(7)17/h6-7H,1-5H2,(H2,11,14)(H,12,17). The Morgan fingerprint density at radius 3 is 3.17 bits per heavy atom. The maximum absolute atomic E-state index is 11.6. The van der Waals surface area contributed by atoms with E-state index in [1.165, 1.54) is 11.0 Å². The molecule has 1 fully saturated rings. The Balaban J connectivity index is 1.88. The van der Waals surface area contributed by atoms with Crippen LogP contribution in [0.3, 0.4) is 0 Å². The van der Waals surface area contributed by atoms with Gasteiger partial charge in [-0.3, -0.25) is 9.59 Å². The molecule has 2 rings (SSSR count). The molecule has 0 bridgehead atoms. The van der Waals surface area contributed by atoms with Gasteiger partial charge in [-0.2, -0.15) is 0 Å². The van der Waals surface area contributed by atoms with Crippen LogP contribution in [0.25, 0.3) is 0 Å². The van der Waals surface area contributed by atoms with Crippen LogP contribution in [-0.2, 0) is 20.9 Å². The number of carbonyl (C=O) groups excluding carboxylic acids is 2. The molecule has 0 spiro atoms. The number of amides is 1. The third kappa shape index (κ3) is 3.19. The molecule has 1 aromatic heterocycles. The lowest BCUT2D eigenvalue weighted by Gasteiger charge is -2.14. The Morgan fingerprint density at radius 1 is 1.61 bits per heavy atom. The van der Waals surface area contributed by atoms with Crippen molar-refractivity contribution < 1.29 is 14.3 Å². The van der Waals surface area contributed by atoms with Crippen molar-refractivity contribution in [3.05, 3.63) is 6.33 Å². The molecular weight excluding hydrogens is 238 g/mol. The minimum absolute atomic E-state index is 0.0926. The molecule has 8 nitrogen and oxygen atoms in total. The number of aromatic nitrogens is 3. The SMILES string of the molecule is Nc1ncn(CC(=O)OC2CCCCNC2=O)n1. The van der Waals surface area contributed by atoms with E-state index in [2.05, 4.69) is 15.4 Å². The lowest BCUT2D eigenvalue weighted by Crippen LogP contribution is -2.36. The second-order valence-corrected chi connectivity index (χ2v) is 4.07. The van der Waals surface area contributed by atoms with Crippen molar-refractivity contribution in [2.24, 2.45) is 0 Å². The summed E-state index contributed by atoms with van der Waals surface area (Å²) in [6.45, 7) is 0.528. The quantitative estimate of drug-likeness (QED) is 0.673. The third-order valence-corrected chi connectivity index (χ3v) is 2.60. The largest absolute Gasteiger partial charge is 0.451 e. The van der Waals surface area contributed by atoms with Crippen LogP contribution >= 0.6 is 0 Å². The summed E-state index contributed by atoms with van der Waals surface area (Å²) in [6.07, 6.45) is 2.94. The van der Waals surface area contributed by atoms with E-state index in [4.69, 9.17) is 10.5 Å². The first-order chi connectivity index (χ1) is 8.65. The fourth-order valence-electron chi connectivity index (χ4n) is 1.74. The van der Waals surface area contributed by atoms with Gasteiger partial charge in [-0.15, -0.1) is 5.10 Å². The van der Waals surface area contributed by atoms with Gasteiger partial charge in [0.15, 0.2) is 6.10 Å². The number of rotatable bonds is 3. The number of nitrogens with two attached hydrogens (primary N) is 1. The van der Waals surface area contributed by atoms with Gasteiger partial charge in [0.2, 0.25) is 5.95 Å². The first kappa shape index (κ1) is 12.3. The molecule has 1 unspecified atom stereocenters. The summed E-state index contributed by atoms with van der Waals surface area (Å²) >= 11 is 0. The van der Waals surface area contributed by atoms with Crippen molar-refractivity contribution in [3.8, 4) is 0 Å². The molecule has 98 valence electrons. The van der Waals surface area contributed by atoms with Crippen LogP contribution in [0.15, 0.2) is 6.33 Å². The zero-order valence-corrected chi connectivity index (χ0v) is 9.83. The summed E-state index contributed by atoms with van der Waals surface area (Å²) in [7, 11) is 0. The molecular formula is C10H15N5O3. The lowest BCUT2D eigenvalue weighted by atomic mass is 10.2. The highest BCUT2D eigenvalue weighted by molar-refractivity contribution is 5.83. The highest BCUT2D eigenvalue weighted by Crippen LogP contribution is 2.09. The monoisotopic (exact) mass is 253 g/mol. The van der Waals surface area contributed by atoms with Gasteiger partial charge >= 0.3 is 5.97 Å². The lowest BCUT2D eigenvalue weighted by molar-refractivity contribution is -0.156. The van der Waals surface area contributed by atoms with E-state index in [-0.39, 0.29) is 18.4 Å². The zero-order valence-electron chi connectivity index (χ0n) is 9.83. The van der Waals surface area contributed by atoms with E-state index in [0.29, 0.717) is 13.0 Å². The highest BCUT2D eigenvalue weighted by Gasteiger charge is 2.24. The van der Waals surface area contributed by atoms with Crippen molar-refractivity contribution in [3.63, 3.8) is 0 Å². The second-order valence-electron chi connectivity index (χ2n) is 4.07. The van der Waals surface area contributed by atoms with Gasteiger partial charge in [0, 0.05) is 6.54 Å². The predicted octanol–water partition coefficient (Wildman–Crippen LogP) is -0.928. The minimum Gasteiger partial charge on any atom is -0.451 e. The number of nitrogens with zero attached hydrogens (tertiary/aromatic N) is 3. The molecule has 1 saturated heterocycles. The molecule has 1 aliphatic heterocycles. The first-order valence-electron chi connectivity index (χ1n) is 5.77. The van der Waals surface area contributed by atoms with Gasteiger partial charge in [-0.05, 0) is 19.3 Å². The Morgan fingerprint density at radius 2 is 2.44 bits per heavy atom. The number of hydrogen-bond donors (Lipinski definition) is 2. The average molecular weight is 253 g/mol. The van der Waals surface area contributed by atoms with Gasteiger partial charge in [0.25, 0.3) is 5.91 Å². The van der Waals surface area contributed by atoms with Crippen molar-refractivity contribution in [2.75, 3.05) is 12.3 Å². The molecule has 8 heteroatoms. The van der Waals surface area contributed by atoms with Crippen LogP contribution in [0.5, 0.6) is 0 Å². The normalized spacial score (nSPS) is 20.0. The average Bonchev–Trinajstić information content (AvgIpc) is 2.61. The summed E-state index contributed by atoms with van der Waals surface area (Å²) in [5.74, 6) is -0.670. The third-order valence-electron chi connectivity index (χ3n) is 2.60. The molecule has 0 radical (unpaired) electrons. The van der Waals surface area contributed by atoms with Gasteiger partial charge < -0.3 is 15.8 Å². The second kappa shape index (κ2) is 5.48. The van der Waals surface area contributed by atoms with Crippen molar-refractivity contribution in [2.45, 2.75) is 31.9 Å². The molecule has 0 saturated carbocycles. The highest BCUT2D eigenvalue weighted by atomic mass is 16.5. The molecule has 1 aromatic rings. The van der Waals surface area contributed by atoms with Gasteiger partial charge in [0.1, 0.15) is 12.9 Å². The Kier molecular flexibility index (Phi) is 3.75. The van der Waals surface area contributed by atoms with Crippen LogP contribution in [0.1, 0.15) is 19.3 Å². The van der Waals surface area contributed by atoms with Crippen molar-refractivity contribution >= 4 is 17.8 Å². The maximum atomic E-state index is 11.6. The molecule has 1 aliphatic rings. The fourth-order valence-corrected chi connectivity index (χ4v) is 1.74. The zero-order chi connectivity index (χ0) is 13.0. The number of hydrogen-bond acceptors (Lipinski definition) is 6. The van der Waals surface area contributed by atoms with Crippen LogP contribution in [-0.4, -0.2) is 39.3 Å². The Labute approximate surface area is 103 Å². The molecule has 1 amide bonds. The van der Waals surface area contributed by atoms with Crippen molar-refractivity contribution in [1.29, 1.82) is 0 Å². The van der Waals surface area contributed by atoms with E-state index in [0.717, 1.165) is 12.8 Å². The number of nitrogens with one attached hydrogen (secondary N) is 1. The Bertz CT molecular complexity index is 444. The topological polar surface area (TPSA) is 112 Å². The van der Waals surface area contributed by atoms with Gasteiger partial charge in [-0.25, -0.2) is 9.67 Å². The summed E-state index contributed by atoms with van der Waals surface area (Å²) in [6, 6.07) is 0. The van der Waals surface area contributed by atoms with Gasteiger partial charge in [0.05, 0.1) is 0 Å². The Hall–Kier alpha value is -2.12. The molecule has 0 aromatic carbocycles. The maximum Gasteiger partial charge on any atom is 0.328 e. The summed E-state index contributed by atoms with van der Waals surface area (Å²) in [5.41, 5.74) is 5.32. The molecule has 1 atom stereocenters.